The minimum atomic E-state index is -4.58. The van der Waals surface area contributed by atoms with Gasteiger partial charge < -0.3 is 9.63 Å². The van der Waals surface area contributed by atoms with Gasteiger partial charge in [-0.3, -0.25) is 0 Å². The van der Waals surface area contributed by atoms with Crippen LogP contribution in [0.15, 0.2) is 51.9 Å². The highest BCUT2D eigenvalue weighted by molar-refractivity contribution is 7.90. The van der Waals surface area contributed by atoms with Crippen LogP contribution in [0.1, 0.15) is 11.3 Å². The standard InChI is InChI=1S/C18H13F4NO4S/c1-28(25,26)15-6-5-10(8-13(15)19)16-14(9-24)27-23-17(16)11-3-2-4-12(7-11)18(20,21)22/h2-8,24H,9H2,1H3. The van der Waals surface area contributed by atoms with Crippen molar-refractivity contribution in [2.24, 2.45) is 0 Å². The molecule has 5 nitrogen and oxygen atoms in total. The van der Waals surface area contributed by atoms with E-state index in [4.69, 9.17) is 4.52 Å². The van der Waals surface area contributed by atoms with E-state index >= 15 is 0 Å². The van der Waals surface area contributed by atoms with Crippen LogP contribution in [0, 0.1) is 5.82 Å². The highest BCUT2D eigenvalue weighted by Gasteiger charge is 2.31. The van der Waals surface area contributed by atoms with Gasteiger partial charge in [0.1, 0.15) is 23.0 Å². The summed E-state index contributed by atoms with van der Waals surface area (Å²) < 4.78 is 81.4. The fourth-order valence-corrected chi connectivity index (χ4v) is 3.46. The van der Waals surface area contributed by atoms with Gasteiger partial charge in [-0.15, -0.1) is 0 Å². The number of halogens is 4. The molecule has 28 heavy (non-hydrogen) atoms. The minimum absolute atomic E-state index is 0.0401. The van der Waals surface area contributed by atoms with E-state index in [1.54, 1.807) is 0 Å². The first kappa shape index (κ1) is 20.0. The van der Waals surface area contributed by atoms with Crippen molar-refractivity contribution < 1.29 is 35.6 Å². The van der Waals surface area contributed by atoms with Crippen LogP contribution in [0.4, 0.5) is 17.6 Å². The van der Waals surface area contributed by atoms with E-state index in [-0.39, 0.29) is 28.1 Å². The Kier molecular flexibility index (Phi) is 5.02. The molecule has 0 saturated heterocycles. The second kappa shape index (κ2) is 7.02. The van der Waals surface area contributed by atoms with Crippen molar-refractivity contribution in [3.63, 3.8) is 0 Å². The highest BCUT2D eigenvalue weighted by atomic mass is 32.2. The van der Waals surface area contributed by atoms with E-state index in [9.17, 15) is 31.1 Å². The Morgan fingerprint density at radius 3 is 2.39 bits per heavy atom. The molecule has 0 saturated carbocycles. The summed E-state index contributed by atoms with van der Waals surface area (Å²) in [6.45, 7) is -0.642. The van der Waals surface area contributed by atoms with Gasteiger partial charge in [-0.25, -0.2) is 12.8 Å². The van der Waals surface area contributed by atoms with Crippen LogP contribution in [0.3, 0.4) is 0 Å². The Hall–Kier alpha value is -2.72. The summed E-state index contributed by atoms with van der Waals surface area (Å²) in [4.78, 5) is -0.529. The Balaban J connectivity index is 2.19. The number of aliphatic hydroxyl groups excluding tert-OH is 1. The van der Waals surface area contributed by atoms with Crippen LogP contribution in [0.2, 0.25) is 0 Å². The molecule has 0 atom stereocenters. The molecule has 3 rings (SSSR count). The molecule has 0 radical (unpaired) electrons. The maximum Gasteiger partial charge on any atom is 0.416 e. The monoisotopic (exact) mass is 415 g/mol. The number of aromatic nitrogens is 1. The fourth-order valence-electron chi connectivity index (χ4n) is 2.73. The third-order valence-corrected chi connectivity index (χ3v) is 5.12. The van der Waals surface area contributed by atoms with E-state index in [0.717, 1.165) is 30.5 Å². The normalized spacial score (nSPS) is 12.4. The molecule has 0 amide bonds. The largest absolute Gasteiger partial charge is 0.416 e. The average molecular weight is 415 g/mol. The van der Waals surface area contributed by atoms with E-state index in [2.05, 4.69) is 5.16 Å². The molecule has 0 aliphatic carbocycles. The third-order valence-electron chi connectivity index (χ3n) is 3.99. The number of aliphatic hydroxyl groups is 1. The van der Waals surface area contributed by atoms with Crippen molar-refractivity contribution in [3.8, 4) is 22.4 Å². The average Bonchev–Trinajstić information content (AvgIpc) is 3.04. The highest BCUT2D eigenvalue weighted by Crippen LogP contribution is 2.38. The Bertz CT molecular complexity index is 1140. The summed E-state index contributed by atoms with van der Waals surface area (Å²) in [5.41, 5.74) is -0.742. The van der Waals surface area contributed by atoms with Crippen molar-refractivity contribution in [1.29, 1.82) is 0 Å². The van der Waals surface area contributed by atoms with Crippen LogP contribution in [0.25, 0.3) is 22.4 Å². The molecule has 0 unspecified atom stereocenters. The first-order chi connectivity index (χ1) is 13.0. The van der Waals surface area contributed by atoms with Crippen LogP contribution >= 0.6 is 0 Å². The maximum atomic E-state index is 14.3. The van der Waals surface area contributed by atoms with Crippen molar-refractivity contribution in [1.82, 2.24) is 5.16 Å². The molecule has 10 heteroatoms. The summed E-state index contributed by atoms with van der Waals surface area (Å²) in [6.07, 6.45) is -3.74. The Morgan fingerprint density at radius 1 is 1.11 bits per heavy atom. The van der Waals surface area contributed by atoms with E-state index in [1.807, 2.05) is 0 Å². The zero-order chi connectivity index (χ0) is 20.7. The lowest BCUT2D eigenvalue weighted by atomic mass is 9.98. The molecule has 1 heterocycles. The van der Waals surface area contributed by atoms with E-state index < -0.39 is 38.9 Å². The number of rotatable bonds is 4. The van der Waals surface area contributed by atoms with E-state index in [0.29, 0.717) is 0 Å². The summed E-state index contributed by atoms with van der Waals surface area (Å²) >= 11 is 0. The second-order valence-electron chi connectivity index (χ2n) is 5.98. The first-order valence-corrected chi connectivity index (χ1v) is 9.68. The third kappa shape index (κ3) is 3.78. The molecular weight excluding hydrogens is 402 g/mol. The number of sulfone groups is 1. The fraction of sp³-hybridized carbons (Fsp3) is 0.167. The van der Waals surface area contributed by atoms with Crippen LogP contribution in [0.5, 0.6) is 0 Å². The maximum absolute atomic E-state index is 14.3. The molecule has 0 aliphatic rings. The molecule has 3 aromatic rings. The lowest BCUT2D eigenvalue weighted by molar-refractivity contribution is -0.137. The summed E-state index contributed by atoms with van der Waals surface area (Å²) in [7, 11) is -3.81. The van der Waals surface area contributed by atoms with Gasteiger partial charge in [-0.1, -0.05) is 23.4 Å². The molecule has 2 aromatic carbocycles. The van der Waals surface area contributed by atoms with Crippen molar-refractivity contribution in [2.45, 2.75) is 17.7 Å². The van der Waals surface area contributed by atoms with Crippen LogP contribution < -0.4 is 0 Å². The predicted octanol–water partition coefficient (Wildman–Crippen LogP) is 4.06. The quantitative estimate of drug-likeness (QED) is 0.650. The topological polar surface area (TPSA) is 80.4 Å². The summed E-state index contributed by atoms with van der Waals surface area (Å²) in [5, 5.41) is 13.2. The molecule has 1 N–H and O–H groups in total. The van der Waals surface area contributed by atoms with Gasteiger partial charge in [0.15, 0.2) is 15.6 Å². The number of hydrogen-bond donors (Lipinski definition) is 1. The lowest BCUT2D eigenvalue weighted by Gasteiger charge is -2.09. The number of alkyl halides is 3. The molecular formula is C18H13F4NO4S. The van der Waals surface area contributed by atoms with Gasteiger partial charge >= 0.3 is 6.18 Å². The molecule has 0 fully saturated rings. The molecule has 148 valence electrons. The molecule has 0 spiro atoms. The van der Waals surface area contributed by atoms with Gasteiger partial charge in [0.05, 0.1) is 11.1 Å². The molecule has 1 aromatic heterocycles. The Morgan fingerprint density at radius 2 is 1.82 bits per heavy atom. The first-order valence-electron chi connectivity index (χ1n) is 7.79. The van der Waals surface area contributed by atoms with Crippen LogP contribution in [-0.2, 0) is 22.6 Å². The van der Waals surface area contributed by atoms with Crippen molar-refractivity contribution in [2.75, 3.05) is 6.26 Å². The molecule has 0 aliphatic heterocycles. The van der Waals surface area contributed by atoms with Gasteiger partial charge in [-0.05, 0) is 29.8 Å². The van der Waals surface area contributed by atoms with Crippen LogP contribution in [-0.4, -0.2) is 24.9 Å². The van der Waals surface area contributed by atoms with Crippen molar-refractivity contribution >= 4 is 9.84 Å². The second-order valence-corrected chi connectivity index (χ2v) is 7.97. The van der Waals surface area contributed by atoms with E-state index in [1.165, 1.54) is 18.2 Å². The number of hydrogen-bond acceptors (Lipinski definition) is 5. The van der Waals surface area contributed by atoms with Gasteiger partial charge in [0.2, 0.25) is 0 Å². The number of benzene rings is 2. The SMILES string of the molecule is CS(=O)(=O)c1ccc(-c2c(-c3cccc(C(F)(F)F)c3)noc2CO)cc1F. The van der Waals surface area contributed by atoms with Gasteiger partial charge in [0.25, 0.3) is 0 Å². The minimum Gasteiger partial charge on any atom is -0.388 e. The lowest BCUT2D eigenvalue weighted by Crippen LogP contribution is -2.04. The smallest absolute Gasteiger partial charge is 0.388 e. The number of nitrogens with zero attached hydrogens (tertiary/aromatic N) is 1. The van der Waals surface area contributed by atoms with Crippen molar-refractivity contribution in [3.05, 3.63) is 59.6 Å². The summed E-state index contributed by atoms with van der Waals surface area (Å²) in [5.74, 6) is -1.14. The zero-order valence-electron chi connectivity index (χ0n) is 14.3. The predicted molar refractivity (Wildman–Crippen MR) is 91.4 cm³/mol. The van der Waals surface area contributed by atoms with Gasteiger partial charge in [-0.2, -0.15) is 13.2 Å². The molecule has 0 bridgehead atoms. The summed E-state index contributed by atoms with van der Waals surface area (Å²) in [6, 6.07) is 7.48. The Labute approximate surface area is 157 Å². The van der Waals surface area contributed by atoms with Gasteiger partial charge in [0, 0.05) is 11.8 Å². The zero-order valence-corrected chi connectivity index (χ0v) is 15.1.